The molecule has 2 aliphatic rings. The SMILES string of the molecule is NC1=CN(c2cnccc2N2CCCC(N)C2)c2cc(-c3c(F)cccc3F)ccc2C1. The van der Waals surface area contributed by atoms with E-state index in [1.807, 2.05) is 29.3 Å². The van der Waals surface area contributed by atoms with Gasteiger partial charge < -0.3 is 21.3 Å². The molecule has 1 unspecified atom stereocenters. The number of halogens is 2. The number of piperidine rings is 1. The highest BCUT2D eigenvalue weighted by Crippen LogP contribution is 2.41. The molecule has 2 aromatic carbocycles. The molecule has 0 saturated carbocycles. The third kappa shape index (κ3) is 3.69. The Labute approximate surface area is 186 Å². The van der Waals surface area contributed by atoms with Crippen LogP contribution in [0.15, 0.2) is 66.8 Å². The highest BCUT2D eigenvalue weighted by Gasteiger charge is 2.25. The van der Waals surface area contributed by atoms with Gasteiger partial charge in [0.15, 0.2) is 0 Å². The predicted molar refractivity (Wildman–Crippen MR) is 124 cm³/mol. The Hall–Kier alpha value is -3.45. The Morgan fingerprint density at radius 1 is 1.00 bits per heavy atom. The molecule has 1 aromatic heterocycles. The second-order valence-electron chi connectivity index (χ2n) is 8.40. The first-order chi connectivity index (χ1) is 15.5. The number of nitrogens with two attached hydrogens (primary N) is 2. The zero-order valence-corrected chi connectivity index (χ0v) is 17.6. The number of allylic oxidation sites excluding steroid dienone is 1. The Kier molecular flexibility index (Phi) is 5.27. The smallest absolute Gasteiger partial charge is 0.133 e. The number of benzene rings is 2. The minimum atomic E-state index is -0.591. The highest BCUT2D eigenvalue weighted by atomic mass is 19.1. The van der Waals surface area contributed by atoms with E-state index < -0.39 is 11.6 Å². The van der Waals surface area contributed by atoms with Crippen LogP contribution in [0.3, 0.4) is 0 Å². The van der Waals surface area contributed by atoms with Gasteiger partial charge in [0.2, 0.25) is 0 Å². The van der Waals surface area contributed by atoms with Gasteiger partial charge >= 0.3 is 0 Å². The van der Waals surface area contributed by atoms with Gasteiger partial charge in [-0.15, -0.1) is 0 Å². The van der Waals surface area contributed by atoms with Crippen molar-refractivity contribution in [2.45, 2.75) is 25.3 Å². The first-order valence-electron chi connectivity index (χ1n) is 10.8. The van der Waals surface area contributed by atoms with E-state index in [0.29, 0.717) is 17.7 Å². The van der Waals surface area contributed by atoms with Crippen LogP contribution in [0.25, 0.3) is 11.1 Å². The van der Waals surface area contributed by atoms with E-state index in [1.165, 1.54) is 18.2 Å². The van der Waals surface area contributed by atoms with Crippen LogP contribution in [0.2, 0.25) is 0 Å². The van der Waals surface area contributed by atoms with Crippen LogP contribution in [0.1, 0.15) is 18.4 Å². The van der Waals surface area contributed by atoms with Gasteiger partial charge in [-0.1, -0.05) is 18.2 Å². The van der Waals surface area contributed by atoms with Gasteiger partial charge in [-0.2, -0.15) is 0 Å². The third-order valence-corrected chi connectivity index (χ3v) is 6.12. The number of anilines is 3. The van der Waals surface area contributed by atoms with Gasteiger partial charge in [-0.25, -0.2) is 8.78 Å². The lowest BCUT2D eigenvalue weighted by Gasteiger charge is -2.37. The van der Waals surface area contributed by atoms with Crippen molar-refractivity contribution in [3.8, 4) is 11.1 Å². The normalized spacial score (nSPS) is 18.3. The van der Waals surface area contributed by atoms with Crippen molar-refractivity contribution < 1.29 is 8.78 Å². The van der Waals surface area contributed by atoms with Crippen molar-refractivity contribution >= 4 is 17.1 Å². The maximum Gasteiger partial charge on any atom is 0.133 e. The summed E-state index contributed by atoms with van der Waals surface area (Å²) in [6, 6.07) is 11.5. The maximum atomic E-state index is 14.5. The molecule has 0 amide bonds. The summed E-state index contributed by atoms with van der Waals surface area (Å²) in [4.78, 5) is 8.59. The molecule has 1 fully saturated rings. The van der Waals surface area contributed by atoms with E-state index in [2.05, 4.69) is 9.88 Å². The van der Waals surface area contributed by atoms with Crippen LogP contribution in [-0.2, 0) is 6.42 Å². The van der Waals surface area contributed by atoms with Crippen molar-refractivity contribution in [1.29, 1.82) is 0 Å². The minimum Gasteiger partial charge on any atom is -0.401 e. The molecule has 0 radical (unpaired) electrons. The molecule has 3 aromatic rings. The number of rotatable bonds is 3. The first kappa shape index (κ1) is 20.5. The van der Waals surface area contributed by atoms with E-state index >= 15 is 0 Å². The van der Waals surface area contributed by atoms with E-state index in [0.717, 1.165) is 48.6 Å². The topological polar surface area (TPSA) is 71.4 Å². The predicted octanol–water partition coefficient (Wildman–Crippen LogP) is 4.45. The average molecular weight is 434 g/mol. The fraction of sp³-hybridized carbons (Fsp3) is 0.240. The van der Waals surface area contributed by atoms with Crippen molar-refractivity contribution in [1.82, 2.24) is 4.98 Å². The molecular formula is C25H25F2N5. The molecule has 5 nitrogen and oxygen atoms in total. The average Bonchev–Trinajstić information content (AvgIpc) is 2.78. The van der Waals surface area contributed by atoms with Crippen LogP contribution in [0.4, 0.5) is 25.8 Å². The monoisotopic (exact) mass is 433 g/mol. The van der Waals surface area contributed by atoms with Crippen LogP contribution < -0.4 is 21.3 Å². The second-order valence-corrected chi connectivity index (χ2v) is 8.40. The quantitative estimate of drug-likeness (QED) is 0.639. The largest absolute Gasteiger partial charge is 0.401 e. The summed E-state index contributed by atoms with van der Waals surface area (Å²) in [5, 5.41) is 0. The molecule has 2 aliphatic heterocycles. The van der Waals surface area contributed by atoms with Gasteiger partial charge in [-0.3, -0.25) is 4.98 Å². The van der Waals surface area contributed by atoms with E-state index in [-0.39, 0.29) is 11.6 Å². The number of pyridine rings is 1. The molecule has 0 bridgehead atoms. The molecule has 32 heavy (non-hydrogen) atoms. The molecule has 3 heterocycles. The van der Waals surface area contributed by atoms with Gasteiger partial charge in [0.1, 0.15) is 11.6 Å². The van der Waals surface area contributed by atoms with Crippen molar-refractivity contribution in [3.63, 3.8) is 0 Å². The lowest BCUT2D eigenvalue weighted by molar-refractivity contribution is 0.506. The summed E-state index contributed by atoms with van der Waals surface area (Å²) < 4.78 is 29.0. The zero-order valence-electron chi connectivity index (χ0n) is 17.6. The molecular weight excluding hydrogens is 408 g/mol. The number of hydrogen-bond acceptors (Lipinski definition) is 5. The lowest BCUT2D eigenvalue weighted by Crippen LogP contribution is -2.43. The van der Waals surface area contributed by atoms with Gasteiger partial charge in [0, 0.05) is 49.3 Å². The summed E-state index contributed by atoms with van der Waals surface area (Å²) in [6.45, 7) is 1.67. The van der Waals surface area contributed by atoms with E-state index in [9.17, 15) is 8.78 Å². The van der Waals surface area contributed by atoms with Gasteiger partial charge in [0.25, 0.3) is 0 Å². The lowest BCUT2D eigenvalue weighted by atomic mass is 9.96. The van der Waals surface area contributed by atoms with Crippen molar-refractivity contribution in [2.75, 3.05) is 22.9 Å². The fourth-order valence-corrected chi connectivity index (χ4v) is 4.63. The first-order valence-corrected chi connectivity index (χ1v) is 10.8. The highest BCUT2D eigenvalue weighted by molar-refractivity contribution is 5.83. The Morgan fingerprint density at radius 2 is 1.81 bits per heavy atom. The van der Waals surface area contributed by atoms with Crippen molar-refractivity contribution in [3.05, 3.63) is 84.0 Å². The Bertz CT molecular complexity index is 1170. The Balaban J connectivity index is 1.62. The zero-order chi connectivity index (χ0) is 22.2. The summed E-state index contributed by atoms with van der Waals surface area (Å²) in [5.74, 6) is -1.18. The van der Waals surface area contributed by atoms with Crippen LogP contribution in [0.5, 0.6) is 0 Å². The van der Waals surface area contributed by atoms with Gasteiger partial charge in [0.05, 0.1) is 23.1 Å². The molecule has 164 valence electrons. The molecule has 4 N–H and O–H groups in total. The fourth-order valence-electron chi connectivity index (χ4n) is 4.63. The van der Waals surface area contributed by atoms with Crippen LogP contribution in [0, 0.1) is 11.6 Å². The maximum absolute atomic E-state index is 14.5. The minimum absolute atomic E-state index is 0.0359. The molecule has 7 heteroatoms. The second kappa shape index (κ2) is 8.24. The number of hydrogen-bond donors (Lipinski definition) is 2. The Morgan fingerprint density at radius 3 is 2.59 bits per heavy atom. The number of fused-ring (bicyclic) bond motifs is 1. The van der Waals surface area contributed by atoms with E-state index in [1.54, 1.807) is 18.5 Å². The summed E-state index contributed by atoms with van der Waals surface area (Å²) in [5.41, 5.74) is 17.3. The number of nitrogens with zero attached hydrogens (tertiary/aromatic N) is 3. The summed E-state index contributed by atoms with van der Waals surface area (Å²) in [6.07, 6.45) is 8.03. The third-order valence-electron chi connectivity index (χ3n) is 6.12. The van der Waals surface area contributed by atoms with Gasteiger partial charge in [-0.05, 0) is 48.2 Å². The summed E-state index contributed by atoms with van der Waals surface area (Å²) in [7, 11) is 0. The van der Waals surface area contributed by atoms with Crippen LogP contribution in [-0.4, -0.2) is 24.1 Å². The molecule has 1 atom stereocenters. The molecule has 0 spiro atoms. The van der Waals surface area contributed by atoms with E-state index in [4.69, 9.17) is 11.5 Å². The summed E-state index contributed by atoms with van der Waals surface area (Å²) >= 11 is 0. The molecule has 5 rings (SSSR count). The molecule has 1 saturated heterocycles. The number of aromatic nitrogens is 1. The van der Waals surface area contributed by atoms with Crippen LogP contribution >= 0.6 is 0 Å². The standard InChI is InChI=1S/C25H25F2N5/c26-20-4-1-5-21(27)25(20)17-7-6-16-11-19(29)15-32(23(16)12-17)24-13-30-9-8-22(24)31-10-2-3-18(28)14-31/h1,4-9,12-13,15,18H,2-3,10-11,14,28-29H2. The molecule has 0 aliphatic carbocycles. The van der Waals surface area contributed by atoms with Crippen molar-refractivity contribution in [2.24, 2.45) is 11.5 Å².